The van der Waals surface area contributed by atoms with Crippen molar-refractivity contribution in [2.24, 2.45) is 0 Å². The molecular formula is C49H46N5OPt-3. The zero-order valence-corrected chi connectivity index (χ0v) is 35.7. The van der Waals surface area contributed by atoms with Crippen LogP contribution in [-0.4, -0.2) is 9.55 Å². The van der Waals surface area contributed by atoms with Gasteiger partial charge in [-0.15, -0.1) is 36.6 Å². The molecule has 0 unspecified atom stereocenters. The van der Waals surface area contributed by atoms with Gasteiger partial charge < -0.3 is 19.1 Å². The van der Waals surface area contributed by atoms with Crippen molar-refractivity contribution in [3.63, 3.8) is 0 Å². The van der Waals surface area contributed by atoms with Gasteiger partial charge in [0.15, 0.2) is 0 Å². The second-order valence-electron chi connectivity index (χ2n) is 17.5. The molecule has 1 aliphatic heterocycles. The molecule has 56 heavy (non-hydrogen) atoms. The molecule has 2 aromatic heterocycles. The minimum atomic E-state index is -0.0529. The van der Waals surface area contributed by atoms with E-state index in [4.69, 9.17) is 16.3 Å². The Morgan fingerprint density at radius 2 is 1.30 bits per heavy atom. The molecule has 0 amide bonds. The Bertz CT molecular complexity index is 2620. The standard InChI is InChI=1S/C49H46N5O.Pt/c1-47(2,3)32-22-23-51-46(27-32)54-41-19-12-11-18-38(41)39-29-40(50-10)45(30-44(39)54)55-37-17-15-16-35(28-37)52-31-53(43-21-14-13-20-42(43)52)36-25-33(48(4,5)6)24-34(26-36)49(7,8)9;/h11-27,29,31H,1-9H3;/q-3;. The molecular weight excluding hydrogens is 870 g/mol. The Balaban J connectivity index is 0.00000480. The SMILES string of the molecule is [C-]#[N+]c1cc2c3ccccc3n(-c3cc(C(C)(C)C)ccn3)c2[c-]c1Oc1[c-]c(N2[CH-]N(c3cc(C(C)(C)C)cc(C(C)(C)C)c3)c3ccccc32)ccc1.[Pt]. The average molecular weight is 916 g/mol. The third-order valence-corrected chi connectivity index (χ3v) is 10.4. The zero-order valence-electron chi connectivity index (χ0n) is 33.4. The third kappa shape index (κ3) is 7.10. The van der Waals surface area contributed by atoms with E-state index in [1.165, 1.54) is 16.7 Å². The number of ether oxygens (including phenoxy) is 1. The van der Waals surface area contributed by atoms with Gasteiger partial charge in [0.2, 0.25) is 5.69 Å². The largest absolute Gasteiger partial charge is 0.501 e. The molecule has 7 heteroatoms. The fourth-order valence-electron chi connectivity index (χ4n) is 7.19. The monoisotopic (exact) mass is 915 g/mol. The van der Waals surface area contributed by atoms with Crippen molar-refractivity contribution in [1.82, 2.24) is 9.55 Å². The van der Waals surface area contributed by atoms with Crippen LogP contribution in [0.15, 0.2) is 109 Å². The molecule has 286 valence electrons. The first-order chi connectivity index (χ1) is 26.1. The van der Waals surface area contributed by atoms with Gasteiger partial charge in [-0.3, -0.25) is 0 Å². The summed E-state index contributed by atoms with van der Waals surface area (Å²) in [6.45, 7) is 30.5. The molecule has 8 rings (SSSR count). The summed E-state index contributed by atoms with van der Waals surface area (Å²) >= 11 is 0. The van der Waals surface area contributed by atoms with Crippen LogP contribution in [0.2, 0.25) is 0 Å². The maximum absolute atomic E-state index is 8.15. The molecule has 0 fully saturated rings. The Morgan fingerprint density at radius 1 is 0.661 bits per heavy atom. The first-order valence-corrected chi connectivity index (χ1v) is 18.8. The van der Waals surface area contributed by atoms with Crippen LogP contribution in [0.5, 0.6) is 11.5 Å². The summed E-state index contributed by atoms with van der Waals surface area (Å²) in [7, 11) is 0. The summed E-state index contributed by atoms with van der Waals surface area (Å²) in [4.78, 5) is 13.1. The first kappa shape index (κ1) is 38.9. The molecule has 0 bridgehead atoms. The van der Waals surface area contributed by atoms with Crippen LogP contribution in [0.4, 0.5) is 28.4 Å². The number of nitrogens with zero attached hydrogens (tertiary/aromatic N) is 5. The summed E-state index contributed by atoms with van der Waals surface area (Å²) in [5.74, 6) is 1.62. The van der Waals surface area contributed by atoms with Crippen molar-refractivity contribution >= 4 is 50.2 Å². The van der Waals surface area contributed by atoms with Gasteiger partial charge in [-0.05, 0) is 80.8 Å². The van der Waals surface area contributed by atoms with E-state index in [9.17, 15) is 0 Å². The van der Waals surface area contributed by atoms with Crippen molar-refractivity contribution < 1.29 is 25.8 Å². The normalized spacial score (nSPS) is 13.1. The van der Waals surface area contributed by atoms with Gasteiger partial charge in [-0.1, -0.05) is 116 Å². The molecule has 1 aliphatic rings. The fourth-order valence-corrected chi connectivity index (χ4v) is 7.19. The van der Waals surface area contributed by atoms with Crippen LogP contribution in [0.25, 0.3) is 32.5 Å². The van der Waals surface area contributed by atoms with Crippen LogP contribution < -0.4 is 14.5 Å². The van der Waals surface area contributed by atoms with Crippen molar-refractivity contribution in [1.29, 1.82) is 0 Å². The fraction of sp³-hybridized carbons (Fsp3) is 0.245. The molecule has 0 spiro atoms. The number of anilines is 4. The summed E-state index contributed by atoms with van der Waals surface area (Å²) in [6.07, 6.45) is 1.86. The second-order valence-corrected chi connectivity index (χ2v) is 17.5. The summed E-state index contributed by atoms with van der Waals surface area (Å²) in [6, 6.07) is 42.6. The molecule has 0 atom stereocenters. The van der Waals surface area contributed by atoms with Gasteiger partial charge in [0, 0.05) is 55.6 Å². The van der Waals surface area contributed by atoms with Crippen LogP contribution in [0.1, 0.15) is 79.0 Å². The molecule has 0 N–H and O–H groups in total. The number of rotatable bonds is 5. The second kappa shape index (κ2) is 14.3. The maximum Gasteiger partial charge on any atom is 0.249 e. The number of aromatic nitrogens is 2. The summed E-state index contributed by atoms with van der Waals surface area (Å²) in [5.41, 5.74) is 9.90. The van der Waals surface area contributed by atoms with Crippen LogP contribution in [0, 0.1) is 25.4 Å². The van der Waals surface area contributed by atoms with E-state index in [2.05, 4.69) is 167 Å². The van der Waals surface area contributed by atoms with E-state index in [0.29, 0.717) is 17.2 Å². The number of para-hydroxylation sites is 3. The smallest absolute Gasteiger partial charge is 0.249 e. The average Bonchev–Trinajstić information content (AvgIpc) is 3.69. The van der Waals surface area contributed by atoms with Gasteiger partial charge in [0.1, 0.15) is 18.1 Å². The number of fused-ring (bicyclic) bond motifs is 4. The number of hydrogen-bond acceptors (Lipinski definition) is 4. The van der Waals surface area contributed by atoms with Crippen LogP contribution in [0.3, 0.4) is 0 Å². The third-order valence-electron chi connectivity index (χ3n) is 10.4. The predicted octanol–water partition coefficient (Wildman–Crippen LogP) is 13.4. The molecule has 7 aromatic rings. The van der Waals surface area contributed by atoms with E-state index in [0.717, 1.165) is 50.4 Å². The van der Waals surface area contributed by atoms with Crippen molar-refractivity contribution in [3.05, 3.63) is 156 Å². The van der Waals surface area contributed by atoms with E-state index in [-0.39, 0.29) is 37.3 Å². The molecule has 5 aromatic carbocycles. The molecule has 6 nitrogen and oxygen atoms in total. The van der Waals surface area contributed by atoms with E-state index in [1.54, 1.807) is 0 Å². The molecule has 0 saturated carbocycles. The summed E-state index contributed by atoms with van der Waals surface area (Å²) < 4.78 is 8.68. The molecule has 3 heterocycles. The maximum atomic E-state index is 8.15. The Kier molecular flexibility index (Phi) is 9.92. The summed E-state index contributed by atoms with van der Waals surface area (Å²) in [5, 5.41) is 1.94. The Morgan fingerprint density at radius 3 is 1.96 bits per heavy atom. The van der Waals surface area contributed by atoms with Crippen LogP contribution in [-0.2, 0) is 37.3 Å². The van der Waals surface area contributed by atoms with E-state index >= 15 is 0 Å². The Labute approximate surface area is 345 Å². The number of pyridine rings is 1. The molecule has 0 radical (unpaired) electrons. The van der Waals surface area contributed by atoms with Gasteiger partial charge in [-0.25, -0.2) is 9.83 Å². The van der Waals surface area contributed by atoms with Crippen molar-refractivity contribution in [2.75, 3.05) is 9.80 Å². The minimum absolute atomic E-state index is 0. The zero-order chi connectivity index (χ0) is 38.9. The van der Waals surface area contributed by atoms with Crippen molar-refractivity contribution in [2.45, 2.75) is 78.6 Å². The van der Waals surface area contributed by atoms with Crippen molar-refractivity contribution in [3.8, 4) is 17.3 Å². The van der Waals surface area contributed by atoms with Gasteiger partial charge in [0.25, 0.3) is 0 Å². The molecule has 0 saturated heterocycles. The van der Waals surface area contributed by atoms with E-state index in [1.807, 2.05) is 42.6 Å². The topological polar surface area (TPSA) is 37.9 Å². The Hall–Kier alpha value is -5.37. The number of hydrogen-bond donors (Lipinski definition) is 0. The quantitative estimate of drug-likeness (QED) is 0.161. The van der Waals surface area contributed by atoms with Gasteiger partial charge >= 0.3 is 0 Å². The number of benzene rings is 5. The van der Waals surface area contributed by atoms with Crippen LogP contribution >= 0.6 is 0 Å². The van der Waals surface area contributed by atoms with E-state index < -0.39 is 0 Å². The van der Waals surface area contributed by atoms with Gasteiger partial charge in [-0.2, -0.15) is 6.07 Å². The minimum Gasteiger partial charge on any atom is -0.501 e. The molecule has 0 aliphatic carbocycles. The van der Waals surface area contributed by atoms with Gasteiger partial charge in [0.05, 0.1) is 0 Å². The first-order valence-electron chi connectivity index (χ1n) is 18.8. The predicted molar refractivity (Wildman–Crippen MR) is 227 cm³/mol.